The molecule has 1 aliphatic rings. The molecule has 0 bridgehead atoms. The highest BCUT2D eigenvalue weighted by Gasteiger charge is 2.22. The van der Waals surface area contributed by atoms with Crippen LogP contribution in [0.4, 0.5) is 0 Å². The highest BCUT2D eigenvalue weighted by molar-refractivity contribution is 5.35. The quantitative estimate of drug-likeness (QED) is 0.872. The van der Waals surface area contributed by atoms with Crippen LogP contribution in [0.5, 0.6) is 5.75 Å². The molecular weight excluding hydrogens is 228 g/mol. The van der Waals surface area contributed by atoms with E-state index in [-0.39, 0.29) is 18.8 Å². The van der Waals surface area contributed by atoms with Crippen molar-refractivity contribution in [1.82, 2.24) is 0 Å². The van der Waals surface area contributed by atoms with Gasteiger partial charge in [0, 0.05) is 5.56 Å². The second-order valence-electron chi connectivity index (χ2n) is 4.81. The lowest BCUT2D eigenvalue weighted by Crippen LogP contribution is -2.22. The minimum atomic E-state index is -0.274. The zero-order valence-corrected chi connectivity index (χ0v) is 11.0. The van der Waals surface area contributed by atoms with E-state index in [9.17, 15) is 5.11 Å². The Balaban J connectivity index is 2.07. The van der Waals surface area contributed by atoms with Crippen LogP contribution in [0.15, 0.2) is 24.3 Å². The van der Waals surface area contributed by atoms with Gasteiger partial charge < -0.3 is 14.6 Å². The molecule has 1 aromatic carbocycles. The molecule has 0 spiro atoms. The van der Waals surface area contributed by atoms with Crippen molar-refractivity contribution in [1.29, 1.82) is 0 Å². The van der Waals surface area contributed by atoms with E-state index in [2.05, 4.69) is 0 Å². The molecule has 0 radical (unpaired) electrons. The van der Waals surface area contributed by atoms with Crippen LogP contribution in [0.3, 0.4) is 0 Å². The lowest BCUT2D eigenvalue weighted by molar-refractivity contribution is -0.0558. The van der Waals surface area contributed by atoms with Gasteiger partial charge in [0.05, 0.1) is 19.8 Å². The molecule has 0 amide bonds. The average molecular weight is 250 g/mol. The summed E-state index contributed by atoms with van der Waals surface area (Å²) in [6.45, 7) is -0.00310. The molecule has 2 rings (SSSR count). The molecule has 1 saturated carbocycles. The van der Waals surface area contributed by atoms with Crippen LogP contribution >= 0.6 is 0 Å². The van der Waals surface area contributed by atoms with Crippen molar-refractivity contribution in [3.63, 3.8) is 0 Å². The summed E-state index contributed by atoms with van der Waals surface area (Å²) in [6, 6.07) is 7.74. The van der Waals surface area contributed by atoms with Crippen LogP contribution in [-0.2, 0) is 4.74 Å². The van der Waals surface area contributed by atoms with Crippen molar-refractivity contribution in [3.8, 4) is 5.75 Å². The van der Waals surface area contributed by atoms with Gasteiger partial charge in [0.2, 0.25) is 0 Å². The predicted octanol–water partition coefficient (Wildman–Crippen LogP) is 3.08. The van der Waals surface area contributed by atoms with Crippen LogP contribution in [0, 0.1) is 0 Å². The Morgan fingerprint density at radius 3 is 2.61 bits per heavy atom. The normalized spacial score (nSPS) is 18.6. The van der Waals surface area contributed by atoms with E-state index in [0.29, 0.717) is 0 Å². The number of rotatable bonds is 5. The number of hydrogen-bond acceptors (Lipinski definition) is 3. The molecular formula is C15H22O3. The predicted molar refractivity (Wildman–Crippen MR) is 70.8 cm³/mol. The maximum Gasteiger partial charge on any atom is 0.124 e. The average Bonchev–Trinajstić information content (AvgIpc) is 2.46. The molecule has 3 heteroatoms. The molecule has 1 N–H and O–H groups in total. The van der Waals surface area contributed by atoms with Gasteiger partial charge in [-0.3, -0.25) is 0 Å². The van der Waals surface area contributed by atoms with E-state index in [1.165, 1.54) is 19.3 Å². The van der Waals surface area contributed by atoms with Gasteiger partial charge in [0.15, 0.2) is 0 Å². The summed E-state index contributed by atoms with van der Waals surface area (Å²) in [4.78, 5) is 0. The standard InChI is InChI=1S/C15H22O3/c1-17-14-10-6-5-9-13(14)15(11-16)18-12-7-3-2-4-8-12/h5-6,9-10,12,15-16H,2-4,7-8,11H2,1H3/t15-/m0/s1. The van der Waals surface area contributed by atoms with E-state index < -0.39 is 0 Å². The molecule has 1 aliphatic carbocycles. The number of benzene rings is 1. The van der Waals surface area contributed by atoms with Gasteiger partial charge in [0.1, 0.15) is 11.9 Å². The summed E-state index contributed by atoms with van der Waals surface area (Å²) in [5.74, 6) is 0.785. The van der Waals surface area contributed by atoms with Gasteiger partial charge in [0.25, 0.3) is 0 Å². The molecule has 1 atom stereocenters. The number of para-hydroxylation sites is 1. The van der Waals surface area contributed by atoms with E-state index in [1.807, 2.05) is 24.3 Å². The van der Waals surface area contributed by atoms with Gasteiger partial charge in [-0.05, 0) is 18.9 Å². The van der Waals surface area contributed by atoms with Crippen molar-refractivity contribution in [2.45, 2.75) is 44.3 Å². The SMILES string of the molecule is COc1ccccc1[C@H](CO)OC1CCCCC1. The van der Waals surface area contributed by atoms with E-state index in [4.69, 9.17) is 9.47 Å². The van der Waals surface area contributed by atoms with Gasteiger partial charge in [-0.25, -0.2) is 0 Å². The molecule has 0 aromatic heterocycles. The van der Waals surface area contributed by atoms with Crippen LogP contribution in [0.1, 0.15) is 43.8 Å². The molecule has 1 fully saturated rings. The molecule has 1 aromatic rings. The Labute approximate surface area is 109 Å². The lowest BCUT2D eigenvalue weighted by Gasteiger charge is -2.27. The first-order valence-corrected chi connectivity index (χ1v) is 6.74. The highest BCUT2D eigenvalue weighted by Crippen LogP contribution is 2.31. The third-order valence-corrected chi connectivity index (χ3v) is 3.56. The Morgan fingerprint density at radius 1 is 1.22 bits per heavy atom. The van der Waals surface area contributed by atoms with E-state index >= 15 is 0 Å². The molecule has 0 heterocycles. The Kier molecular flexibility index (Phi) is 5.02. The maximum absolute atomic E-state index is 9.55. The summed E-state index contributed by atoms with van der Waals surface area (Å²) in [5, 5.41) is 9.55. The minimum absolute atomic E-state index is 0.00310. The molecule has 0 saturated heterocycles. The van der Waals surface area contributed by atoms with E-state index in [0.717, 1.165) is 24.2 Å². The largest absolute Gasteiger partial charge is 0.496 e. The fourth-order valence-electron chi connectivity index (χ4n) is 2.58. The Hall–Kier alpha value is -1.06. The van der Waals surface area contributed by atoms with Gasteiger partial charge in [-0.1, -0.05) is 37.5 Å². The van der Waals surface area contributed by atoms with Gasteiger partial charge in [-0.2, -0.15) is 0 Å². The van der Waals surface area contributed by atoms with Crippen molar-refractivity contribution in [2.24, 2.45) is 0 Å². The monoisotopic (exact) mass is 250 g/mol. The van der Waals surface area contributed by atoms with Gasteiger partial charge >= 0.3 is 0 Å². The first kappa shape index (κ1) is 13.4. The third-order valence-electron chi connectivity index (χ3n) is 3.56. The maximum atomic E-state index is 9.55. The number of aliphatic hydroxyl groups is 1. The van der Waals surface area contributed by atoms with E-state index in [1.54, 1.807) is 7.11 Å². The van der Waals surface area contributed by atoms with Crippen LogP contribution in [0.2, 0.25) is 0 Å². The molecule has 100 valence electrons. The zero-order chi connectivity index (χ0) is 12.8. The zero-order valence-electron chi connectivity index (χ0n) is 11.0. The summed E-state index contributed by atoms with van der Waals surface area (Å²) in [6.07, 6.45) is 5.98. The van der Waals surface area contributed by atoms with Crippen molar-refractivity contribution in [3.05, 3.63) is 29.8 Å². The summed E-state index contributed by atoms with van der Waals surface area (Å²) in [7, 11) is 1.65. The second kappa shape index (κ2) is 6.76. The van der Waals surface area contributed by atoms with Gasteiger partial charge in [-0.15, -0.1) is 0 Å². The minimum Gasteiger partial charge on any atom is -0.496 e. The second-order valence-corrected chi connectivity index (χ2v) is 4.81. The number of ether oxygens (including phenoxy) is 2. The molecule has 3 nitrogen and oxygen atoms in total. The Bertz CT molecular complexity index is 359. The van der Waals surface area contributed by atoms with Crippen LogP contribution < -0.4 is 4.74 Å². The highest BCUT2D eigenvalue weighted by atomic mass is 16.5. The summed E-state index contributed by atoms with van der Waals surface area (Å²) < 4.78 is 11.4. The Morgan fingerprint density at radius 2 is 1.94 bits per heavy atom. The lowest BCUT2D eigenvalue weighted by atomic mass is 9.97. The fraction of sp³-hybridized carbons (Fsp3) is 0.600. The fourth-order valence-corrected chi connectivity index (χ4v) is 2.58. The number of hydrogen-bond donors (Lipinski definition) is 1. The smallest absolute Gasteiger partial charge is 0.124 e. The van der Waals surface area contributed by atoms with Crippen LogP contribution in [0.25, 0.3) is 0 Å². The summed E-state index contributed by atoms with van der Waals surface area (Å²) in [5.41, 5.74) is 0.938. The van der Waals surface area contributed by atoms with Crippen LogP contribution in [-0.4, -0.2) is 24.9 Å². The molecule has 18 heavy (non-hydrogen) atoms. The summed E-state index contributed by atoms with van der Waals surface area (Å²) >= 11 is 0. The first-order chi connectivity index (χ1) is 8.85. The first-order valence-electron chi connectivity index (χ1n) is 6.74. The third kappa shape index (κ3) is 3.24. The topological polar surface area (TPSA) is 38.7 Å². The molecule has 0 unspecified atom stereocenters. The number of aliphatic hydroxyl groups excluding tert-OH is 1. The number of methoxy groups -OCH3 is 1. The van der Waals surface area contributed by atoms with Crippen molar-refractivity contribution < 1.29 is 14.6 Å². The molecule has 0 aliphatic heterocycles. The van der Waals surface area contributed by atoms with Crippen molar-refractivity contribution >= 4 is 0 Å². The van der Waals surface area contributed by atoms with Crippen molar-refractivity contribution in [2.75, 3.05) is 13.7 Å².